The molecular formula is C23H19ClN4O4S. The van der Waals surface area contributed by atoms with E-state index in [2.05, 4.69) is 10.4 Å². The van der Waals surface area contributed by atoms with Crippen LogP contribution in [-0.4, -0.2) is 36.4 Å². The van der Waals surface area contributed by atoms with Crippen molar-refractivity contribution in [2.24, 2.45) is 0 Å². The van der Waals surface area contributed by atoms with Gasteiger partial charge in [0.1, 0.15) is 5.69 Å². The van der Waals surface area contributed by atoms with Crippen LogP contribution in [0.2, 0.25) is 5.02 Å². The van der Waals surface area contributed by atoms with E-state index in [0.717, 1.165) is 0 Å². The maximum atomic E-state index is 13.0. The van der Waals surface area contributed by atoms with Gasteiger partial charge >= 0.3 is 0 Å². The second-order valence-electron chi connectivity index (χ2n) is 7.53. The van der Waals surface area contributed by atoms with Gasteiger partial charge in [0.15, 0.2) is 11.5 Å². The summed E-state index contributed by atoms with van der Waals surface area (Å²) in [5.41, 5.74) is 2.49. The number of nitrogens with zero attached hydrogens (tertiary/aromatic N) is 3. The van der Waals surface area contributed by atoms with E-state index in [1.54, 1.807) is 77.7 Å². The number of carbonyl (C=O) groups excluding carboxylic acids is 1. The lowest BCUT2D eigenvalue weighted by Gasteiger charge is -2.17. The Morgan fingerprint density at radius 2 is 1.85 bits per heavy atom. The second-order valence-corrected chi connectivity index (χ2v) is 9.98. The number of halogens is 1. The molecule has 0 bridgehead atoms. The molecule has 10 heteroatoms. The molecule has 8 nitrogen and oxygen atoms in total. The van der Waals surface area contributed by atoms with Crippen LogP contribution in [0.25, 0.3) is 17.1 Å². The van der Waals surface area contributed by atoms with Crippen LogP contribution >= 0.6 is 11.6 Å². The molecule has 4 aromatic rings. The molecule has 168 valence electrons. The minimum Gasteiger partial charge on any atom is -0.463 e. The first kappa shape index (κ1) is 21.3. The van der Waals surface area contributed by atoms with E-state index >= 15 is 0 Å². The average molecular weight is 483 g/mol. The zero-order valence-electron chi connectivity index (χ0n) is 17.3. The van der Waals surface area contributed by atoms with Crippen molar-refractivity contribution in [3.8, 4) is 17.1 Å². The highest BCUT2D eigenvalue weighted by Gasteiger charge is 2.28. The molecule has 1 N–H and O–H groups in total. The van der Waals surface area contributed by atoms with Gasteiger partial charge in [0.05, 0.1) is 23.4 Å². The molecule has 1 fully saturated rings. The zero-order valence-corrected chi connectivity index (χ0v) is 18.9. The van der Waals surface area contributed by atoms with Crippen molar-refractivity contribution in [1.29, 1.82) is 0 Å². The normalized spacial score (nSPS) is 15.0. The Morgan fingerprint density at radius 3 is 2.55 bits per heavy atom. The molecule has 2 aromatic carbocycles. The van der Waals surface area contributed by atoms with Gasteiger partial charge in [0, 0.05) is 23.3 Å². The van der Waals surface area contributed by atoms with Gasteiger partial charge in [-0.25, -0.2) is 13.1 Å². The van der Waals surface area contributed by atoms with Crippen molar-refractivity contribution in [3.63, 3.8) is 0 Å². The van der Waals surface area contributed by atoms with E-state index in [9.17, 15) is 13.2 Å². The molecule has 0 atom stereocenters. The average Bonchev–Trinajstić information content (AvgIpc) is 3.53. The van der Waals surface area contributed by atoms with Gasteiger partial charge in [0.2, 0.25) is 10.0 Å². The minimum atomic E-state index is -3.31. The Morgan fingerprint density at radius 1 is 1.03 bits per heavy atom. The van der Waals surface area contributed by atoms with E-state index in [0.29, 0.717) is 46.5 Å². The summed E-state index contributed by atoms with van der Waals surface area (Å²) >= 11 is 6.01. The molecule has 1 saturated heterocycles. The van der Waals surface area contributed by atoms with Crippen molar-refractivity contribution in [1.82, 2.24) is 9.78 Å². The molecule has 0 aliphatic carbocycles. The van der Waals surface area contributed by atoms with Crippen LogP contribution < -0.4 is 9.62 Å². The third-order valence-electron chi connectivity index (χ3n) is 5.28. The first-order valence-electron chi connectivity index (χ1n) is 10.2. The lowest BCUT2D eigenvalue weighted by Crippen LogP contribution is -2.25. The van der Waals surface area contributed by atoms with Crippen molar-refractivity contribution in [2.75, 3.05) is 21.9 Å². The first-order chi connectivity index (χ1) is 15.9. The molecular weight excluding hydrogens is 464 g/mol. The summed E-state index contributed by atoms with van der Waals surface area (Å²) in [7, 11) is -3.31. The van der Waals surface area contributed by atoms with Gasteiger partial charge in [-0.1, -0.05) is 17.7 Å². The smallest absolute Gasteiger partial charge is 0.276 e. The third kappa shape index (κ3) is 4.24. The van der Waals surface area contributed by atoms with Crippen molar-refractivity contribution >= 4 is 38.9 Å². The minimum absolute atomic E-state index is 0.126. The van der Waals surface area contributed by atoms with E-state index < -0.39 is 15.9 Å². The molecule has 1 aliphatic heterocycles. The predicted octanol–water partition coefficient (Wildman–Crippen LogP) is 4.58. The fourth-order valence-corrected chi connectivity index (χ4v) is 5.42. The summed E-state index contributed by atoms with van der Waals surface area (Å²) in [6.45, 7) is 0.428. The molecule has 33 heavy (non-hydrogen) atoms. The van der Waals surface area contributed by atoms with Gasteiger partial charge < -0.3 is 9.73 Å². The van der Waals surface area contributed by atoms with Gasteiger partial charge in [-0.2, -0.15) is 5.10 Å². The van der Waals surface area contributed by atoms with Gasteiger partial charge in [0.25, 0.3) is 5.91 Å². The highest BCUT2D eigenvalue weighted by Crippen LogP contribution is 2.28. The molecule has 3 heterocycles. The number of hydrogen-bond acceptors (Lipinski definition) is 5. The number of benzene rings is 2. The number of aromatic nitrogens is 2. The molecule has 0 saturated carbocycles. The van der Waals surface area contributed by atoms with E-state index in [-0.39, 0.29) is 11.4 Å². The Bertz CT molecular complexity index is 1410. The summed E-state index contributed by atoms with van der Waals surface area (Å²) in [4.78, 5) is 13.0. The quantitative estimate of drug-likeness (QED) is 0.449. The zero-order chi connectivity index (χ0) is 23.0. The van der Waals surface area contributed by atoms with Gasteiger partial charge in [-0.05, 0) is 61.0 Å². The summed E-state index contributed by atoms with van der Waals surface area (Å²) in [5, 5.41) is 7.87. The first-order valence-corrected chi connectivity index (χ1v) is 12.2. The monoisotopic (exact) mass is 482 g/mol. The molecule has 1 aliphatic rings. The van der Waals surface area contributed by atoms with Gasteiger partial charge in [-0.3, -0.25) is 9.10 Å². The summed E-state index contributed by atoms with van der Waals surface area (Å²) in [5.74, 6) is 0.246. The number of rotatable bonds is 5. The number of anilines is 2. The fraction of sp³-hybridized carbons (Fsp3) is 0.130. The second kappa shape index (κ2) is 8.42. The lowest BCUT2D eigenvalue weighted by atomic mass is 10.2. The lowest BCUT2D eigenvalue weighted by molar-refractivity contribution is 0.102. The maximum absolute atomic E-state index is 13.0. The standard InChI is InChI=1S/C23H19ClN4O4S/c24-16-7-9-18(10-8-16)28-21(22-6-2-12-32-22)15-20(26-28)23(29)25-17-4-1-5-19(14-17)27-11-3-13-33(27,30)31/h1-2,4-10,12,14-15H,3,11,13H2,(H,25,29). The molecule has 0 spiro atoms. The molecule has 5 rings (SSSR count). The highest BCUT2D eigenvalue weighted by molar-refractivity contribution is 7.93. The Balaban J connectivity index is 1.45. The maximum Gasteiger partial charge on any atom is 0.276 e. The Labute approximate surface area is 195 Å². The van der Waals surface area contributed by atoms with Crippen LogP contribution in [0.15, 0.2) is 77.4 Å². The van der Waals surface area contributed by atoms with Crippen LogP contribution in [0.1, 0.15) is 16.9 Å². The fourth-order valence-electron chi connectivity index (χ4n) is 3.73. The predicted molar refractivity (Wildman–Crippen MR) is 126 cm³/mol. The van der Waals surface area contributed by atoms with Crippen molar-refractivity contribution in [2.45, 2.75) is 6.42 Å². The number of hydrogen-bond donors (Lipinski definition) is 1. The van der Waals surface area contributed by atoms with Crippen LogP contribution in [0.4, 0.5) is 11.4 Å². The molecule has 2 aromatic heterocycles. The highest BCUT2D eigenvalue weighted by atomic mass is 35.5. The van der Waals surface area contributed by atoms with E-state index in [1.807, 2.05) is 0 Å². The Hall–Kier alpha value is -3.56. The largest absolute Gasteiger partial charge is 0.463 e. The SMILES string of the molecule is O=C(Nc1cccc(N2CCCS2(=O)=O)c1)c1cc(-c2ccco2)n(-c2ccc(Cl)cc2)n1. The van der Waals surface area contributed by atoms with Crippen LogP contribution in [0.3, 0.4) is 0 Å². The number of sulfonamides is 1. The summed E-state index contributed by atoms with van der Waals surface area (Å²) in [6.07, 6.45) is 2.13. The van der Waals surface area contributed by atoms with Crippen molar-refractivity contribution in [3.05, 3.63) is 83.7 Å². The van der Waals surface area contributed by atoms with E-state index in [4.69, 9.17) is 16.0 Å². The molecule has 0 radical (unpaired) electrons. The van der Waals surface area contributed by atoms with Crippen LogP contribution in [0.5, 0.6) is 0 Å². The number of amides is 1. The molecule has 1 amide bonds. The number of carbonyl (C=O) groups is 1. The van der Waals surface area contributed by atoms with Crippen molar-refractivity contribution < 1.29 is 17.6 Å². The van der Waals surface area contributed by atoms with Crippen LogP contribution in [-0.2, 0) is 10.0 Å². The Kier molecular flexibility index (Phi) is 5.43. The third-order valence-corrected chi connectivity index (χ3v) is 7.40. The summed E-state index contributed by atoms with van der Waals surface area (Å²) < 4.78 is 33.0. The molecule has 0 unspecified atom stereocenters. The van der Waals surface area contributed by atoms with Gasteiger partial charge in [-0.15, -0.1) is 0 Å². The van der Waals surface area contributed by atoms with Crippen LogP contribution in [0, 0.1) is 0 Å². The van der Waals surface area contributed by atoms with E-state index in [1.165, 1.54) is 4.31 Å². The number of nitrogens with one attached hydrogen (secondary N) is 1. The number of furan rings is 1. The summed E-state index contributed by atoms with van der Waals surface area (Å²) in [6, 6.07) is 19.0. The topological polar surface area (TPSA) is 97.4 Å².